The van der Waals surface area contributed by atoms with Crippen molar-refractivity contribution in [3.63, 3.8) is 0 Å². The van der Waals surface area contributed by atoms with Crippen LogP contribution in [-0.2, 0) is 29.4 Å². The van der Waals surface area contributed by atoms with Crippen LogP contribution in [0.3, 0.4) is 0 Å². The van der Waals surface area contributed by atoms with Crippen LogP contribution in [0.25, 0.3) is 10.8 Å². The van der Waals surface area contributed by atoms with Gasteiger partial charge in [-0.05, 0) is 52.4 Å². The lowest BCUT2D eigenvalue weighted by atomic mass is 9.66. The van der Waals surface area contributed by atoms with Crippen molar-refractivity contribution in [3.8, 4) is 0 Å². The highest BCUT2D eigenvalue weighted by atomic mass is 35.5. The molecule has 7 nitrogen and oxygen atoms in total. The van der Waals surface area contributed by atoms with Gasteiger partial charge < -0.3 is 14.4 Å². The molecule has 202 valence electrons. The molecule has 8 heteroatoms. The molecule has 1 spiro atoms. The van der Waals surface area contributed by atoms with Gasteiger partial charge in [0.1, 0.15) is 0 Å². The maximum Gasteiger partial charge on any atom is 0.339 e. The number of nitrogens with zero attached hydrogens (tertiary/aromatic N) is 1. The fourth-order valence-corrected chi connectivity index (χ4v) is 6.73. The third-order valence-corrected chi connectivity index (χ3v) is 8.30. The Balaban J connectivity index is 1.86. The SMILES string of the molecule is COC(=O)C1=C(C(=O)OC)C2(C(=O)c3cccc4cccc2c34)N(c2ccc(Cl)cc2)C2=C1C(=O)CC(C)(C)C2. The van der Waals surface area contributed by atoms with Crippen molar-refractivity contribution < 1.29 is 28.7 Å². The van der Waals surface area contributed by atoms with E-state index in [1.165, 1.54) is 14.2 Å². The van der Waals surface area contributed by atoms with E-state index in [-0.39, 0.29) is 28.9 Å². The van der Waals surface area contributed by atoms with Crippen LogP contribution >= 0.6 is 11.6 Å². The molecule has 0 radical (unpaired) electrons. The normalized spacial score (nSPS) is 21.3. The van der Waals surface area contributed by atoms with Gasteiger partial charge in [-0.15, -0.1) is 0 Å². The summed E-state index contributed by atoms with van der Waals surface area (Å²) in [4.78, 5) is 58.0. The van der Waals surface area contributed by atoms with Crippen molar-refractivity contribution in [2.24, 2.45) is 5.41 Å². The smallest absolute Gasteiger partial charge is 0.339 e. The summed E-state index contributed by atoms with van der Waals surface area (Å²) in [5.41, 5.74) is -0.811. The minimum absolute atomic E-state index is 0.0723. The van der Waals surface area contributed by atoms with E-state index in [0.717, 1.165) is 5.39 Å². The number of halogens is 1. The fraction of sp³-hybridized carbons (Fsp3) is 0.250. The maximum atomic E-state index is 14.9. The van der Waals surface area contributed by atoms with Crippen LogP contribution in [-0.4, -0.2) is 37.7 Å². The molecule has 0 N–H and O–H groups in total. The Kier molecular flexibility index (Phi) is 5.78. The van der Waals surface area contributed by atoms with Gasteiger partial charge in [0.25, 0.3) is 0 Å². The summed E-state index contributed by atoms with van der Waals surface area (Å²) in [6.07, 6.45) is 0.499. The van der Waals surface area contributed by atoms with Crippen LogP contribution in [0.1, 0.15) is 42.6 Å². The van der Waals surface area contributed by atoms with E-state index >= 15 is 0 Å². The highest BCUT2D eigenvalue weighted by molar-refractivity contribution is 6.31. The first kappa shape index (κ1) is 26.0. The van der Waals surface area contributed by atoms with E-state index in [4.69, 9.17) is 21.1 Å². The van der Waals surface area contributed by atoms with Gasteiger partial charge in [-0.1, -0.05) is 61.8 Å². The third-order valence-electron chi connectivity index (χ3n) is 8.05. The topological polar surface area (TPSA) is 90.0 Å². The average molecular weight is 556 g/mol. The minimum Gasteiger partial charge on any atom is -0.466 e. The van der Waals surface area contributed by atoms with Gasteiger partial charge in [-0.2, -0.15) is 0 Å². The first-order valence-corrected chi connectivity index (χ1v) is 13.3. The molecule has 3 aromatic rings. The quantitative estimate of drug-likeness (QED) is 0.383. The monoisotopic (exact) mass is 555 g/mol. The molecule has 0 fully saturated rings. The number of anilines is 1. The molecule has 3 aromatic carbocycles. The molecule has 1 heterocycles. The van der Waals surface area contributed by atoms with Gasteiger partial charge in [-0.25, -0.2) is 9.59 Å². The fourth-order valence-electron chi connectivity index (χ4n) is 6.60. The molecule has 0 amide bonds. The highest BCUT2D eigenvalue weighted by Gasteiger charge is 2.63. The lowest BCUT2D eigenvalue weighted by molar-refractivity contribution is -0.140. The number of methoxy groups -OCH3 is 2. The molecule has 0 saturated heterocycles. The zero-order chi connectivity index (χ0) is 28.6. The van der Waals surface area contributed by atoms with Crippen LogP contribution in [0.5, 0.6) is 0 Å². The third kappa shape index (κ3) is 3.37. The van der Waals surface area contributed by atoms with Gasteiger partial charge in [0.05, 0.1) is 30.9 Å². The molecule has 1 aliphatic heterocycles. The Morgan fingerprint density at radius 1 is 0.875 bits per heavy atom. The summed E-state index contributed by atoms with van der Waals surface area (Å²) in [5.74, 6) is -2.50. The molecule has 0 saturated carbocycles. The van der Waals surface area contributed by atoms with Gasteiger partial charge in [-0.3, -0.25) is 9.59 Å². The number of allylic oxidation sites excluding steroid dienone is 1. The summed E-state index contributed by atoms with van der Waals surface area (Å²) >= 11 is 6.26. The van der Waals surface area contributed by atoms with Gasteiger partial charge in [0, 0.05) is 28.4 Å². The van der Waals surface area contributed by atoms with Crippen molar-refractivity contribution in [2.75, 3.05) is 19.1 Å². The number of esters is 2. The number of hydrogen-bond acceptors (Lipinski definition) is 7. The first-order valence-electron chi connectivity index (χ1n) is 12.9. The van der Waals surface area contributed by atoms with E-state index in [2.05, 4.69) is 0 Å². The largest absolute Gasteiger partial charge is 0.466 e. The molecule has 0 bridgehead atoms. The number of carbonyl (C=O) groups excluding carboxylic acids is 4. The molecule has 40 heavy (non-hydrogen) atoms. The molecule has 1 unspecified atom stereocenters. The van der Waals surface area contributed by atoms with Gasteiger partial charge in [0.2, 0.25) is 0 Å². The second-order valence-electron chi connectivity index (χ2n) is 11.1. The Morgan fingerprint density at radius 3 is 2.17 bits per heavy atom. The number of ether oxygens (including phenoxy) is 2. The van der Waals surface area contributed by atoms with Crippen LogP contribution in [0.4, 0.5) is 5.69 Å². The zero-order valence-electron chi connectivity index (χ0n) is 22.5. The van der Waals surface area contributed by atoms with Crippen molar-refractivity contribution >= 4 is 51.6 Å². The van der Waals surface area contributed by atoms with Gasteiger partial charge >= 0.3 is 11.9 Å². The lowest BCUT2D eigenvalue weighted by Gasteiger charge is -2.51. The Bertz CT molecular complexity index is 1730. The molecular weight excluding hydrogens is 530 g/mol. The number of fused-ring (bicyclic) bond motifs is 1. The number of ketones is 2. The number of Topliss-reactive ketones (excluding diaryl/α,β-unsaturated/α-hetero) is 2. The van der Waals surface area contributed by atoms with Crippen LogP contribution < -0.4 is 4.90 Å². The predicted molar refractivity (Wildman–Crippen MR) is 150 cm³/mol. The van der Waals surface area contributed by atoms with Crippen LogP contribution in [0.15, 0.2) is 83.1 Å². The van der Waals surface area contributed by atoms with E-state index in [1.54, 1.807) is 47.4 Å². The highest BCUT2D eigenvalue weighted by Crippen LogP contribution is 2.58. The molecule has 3 aliphatic rings. The zero-order valence-corrected chi connectivity index (χ0v) is 23.2. The number of hydrogen-bond donors (Lipinski definition) is 0. The van der Waals surface area contributed by atoms with E-state index in [1.807, 2.05) is 32.0 Å². The summed E-state index contributed by atoms with van der Waals surface area (Å²) < 4.78 is 10.4. The summed E-state index contributed by atoms with van der Waals surface area (Å²) in [5, 5.41) is 1.95. The molecule has 6 rings (SSSR count). The number of rotatable bonds is 3. The van der Waals surface area contributed by atoms with Crippen molar-refractivity contribution in [1.82, 2.24) is 0 Å². The second-order valence-corrected chi connectivity index (χ2v) is 11.5. The van der Waals surface area contributed by atoms with Crippen LogP contribution in [0.2, 0.25) is 5.02 Å². The average Bonchev–Trinajstić information content (AvgIpc) is 3.17. The minimum atomic E-state index is -1.85. The maximum absolute atomic E-state index is 14.9. The van der Waals surface area contributed by atoms with Gasteiger partial charge in [0.15, 0.2) is 17.1 Å². The number of benzene rings is 3. The summed E-state index contributed by atoms with van der Waals surface area (Å²) in [6, 6.07) is 17.8. The van der Waals surface area contributed by atoms with Crippen LogP contribution in [0, 0.1) is 5.41 Å². The van der Waals surface area contributed by atoms with E-state index in [0.29, 0.717) is 39.3 Å². The van der Waals surface area contributed by atoms with Crippen molar-refractivity contribution in [3.05, 3.63) is 99.2 Å². The Hall–Kier alpha value is -4.23. The second kappa shape index (κ2) is 8.89. The summed E-state index contributed by atoms with van der Waals surface area (Å²) in [6.45, 7) is 3.93. The summed E-state index contributed by atoms with van der Waals surface area (Å²) in [7, 11) is 2.37. The van der Waals surface area contributed by atoms with Crippen molar-refractivity contribution in [2.45, 2.75) is 32.2 Å². The predicted octanol–water partition coefficient (Wildman–Crippen LogP) is 5.69. The Morgan fingerprint density at radius 2 is 1.52 bits per heavy atom. The van der Waals surface area contributed by atoms with Crippen molar-refractivity contribution in [1.29, 1.82) is 0 Å². The van der Waals surface area contributed by atoms with E-state index < -0.39 is 28.7 Å². The first-order chi connectivity index (χ1) is 19.1. The number of carbonyl (C=O) groups is 4. The molecule has 2 aliphatic carbocycles. The lowest BCUT2D eigenvalue weighted by Crippen LogP contribution is -2.58. The standard InChI is InChI=1S/C32H26ClNO6/c1-31(2)15-22-25(23(35)16-31)26(29(37)39-3)27(30(38)40-4)32(34(22)19-13-11-18(33)12-14-19)21-10-6-8-17-7-5-9-20(24(17)21)28(32)36/h5-14H,15-16H2,1-4H3. The molecule has 0 aromatic heterocycles. The Labute approximate surface area is 236 Å². The molecular formula is C32H26ClNO6. The van der Waals surface area contributed by atoms with E-state index in [9.17, 15) is 19.2 Å². The molecule has 1 atom stereocenters.